The number of carbonyl (C=O) groups excluding carboxylic acids is 1. The van der Waals surface area contributed by atoms with Gasteiger partial charge in [0.05, 0.1) is 26.2 Å². The molecule has 0 radical (unpaired) electrons. The summed E-state index contributed by atoms with van der Waals surface area (Å²) in [6, 6.07) is 4.87. The highest BCUT2D eigenvalue weighted by Crippen LogP contribution is 2.32. The SMILES string of the molecule is COc1cc(/C=C/CO)ccc1O[C@@H]1O[C@H](COC(=O)[C@@H](C)CO)[C@@H](O)[C@H](O)[C@H]1O. The van der Waals surface area contributed by atoms with E-state index in [1.54, 1.807) is 30.4 Å². The van der Waals surface area contributed by atoms with Crippen LogP contribution in [-0.4, -0.2) is 89.1 Å². The van der Waals surface area contributed by atoms with Gasteiger partial charge >= 0.3 is 5.97 Å². The lowest BCUT2D eigenvalue weighted by Crippen LogP contribution is -2.60. The van der Waals surface area contributed by atoms with Crippen molar-refractivity contribution in [2.75, 3.05) is 26.9 Å². The van der Waals surface area contributed by atoms with Crippen molar-refractivity contribution >= 4 is 12.0 Å². The van der Waals surface area contributed by atoms with Crippen LogP contribution in [0.15, 0.2) is 24.3 Å². The van der Waals surface area contributed by atoms with E-state index in [0.717, 1.165) is 5.56 Å². The first-order chi connectivity index (χ1) is 14.3. The third kappa shape index (κ3) is 5.91. The number of aliphatic hydroxyl groups is 5. The number of ether oxygens (including phenoxy) is 4. The Kier molecular flexibility index (Phi) is 9.03. The topological polar surface area (TPSA) is 155 Å². The lowest BCUT2D eigenvalue weighted by molar-refractivity contribution is -0.279. The fraction of sp³-hybridized carbons (Fsp3) is 0.550. The van der Waals surface area contributed by atoms with Crippen LogP contribution in [0.1, 0.15) is 12.5 Å². The Morgan fingerprint density at radius 2 is 1.90 bits per heavy atom. The molecule has 5 N–H and O–H groups in total. The fourth-order valence-electron chi connectivity index (χ4n) is 2.73. The summed E-state index contributed by atoms with van der Waals surface area (Å²) in [5, 5.41) is 48.4. The van der Waals surface area contributed by atoms with Gasteiger partial charge in [-0.1, -0.05) is 18.2 Å². The molecule has 1 heterocycles. The molecule has 168 valence electrons. The molecule has 30 heavy (non-hydrogen) atoms. The van der Waals surface area contributed by atoms with Gasteiger partial charge in [-0.15, -0.1) is 0 Å². The minimum absolute atomic E-state index is 0.119. The Balaban J connectivity index is 2.12. The van der Waals surface area contributed by atoms with Crippen LogP contribution < -0.4 is 9.47 Å². The fourth-order valence-corrected chi connectivity index (χ4v) is 2.73. The molecule has 0 bridgehead atoms. The Morgan fingerprint density at radius 1 is 1.17 bits per heavy atom. The predicted octanol–water partition coefficient (Wildman–Crippen LogP) is -0.941. The van der Waals surface area contributed by atoms with E-state index >= 15 is 0 Å². The Hall–Kier alpha value is -2.21. The van der Waals surface area contributed by atoms with Crippen LogP contribution in [0.3, 0.4) is 0 Å². The van der Waals surface area contributed by atoms with Gasteiger partial charge in [-0.25, -0.2) is 0 Å². The molecule has 0 aromatic heterocycles. The monoisotopic (exact) mass is 428 g/mol. The lowest BCUT2D eigenvalue weighted by Gasteiger charge is -2.40. The maximum Gasteiger partial charge on any atom is 0.311 e. The highest BCUT2D eigenvalue weighted by Gasteiger charge is 2.45. The standard InChI is InChI=1S/C20H28O10/c1-11(9-22)19(26)28-10-15-16(23)17(24)18(25)20(30-15)29-13-6-5-12(4-3-7-21)8-14(13)27-2/h3-6,8,11,15-18,20-25H,7,9-10H2,1-2H3/b4-3+/t11-,15+,16+,17-,18+,20+/m0/s1. The van der Waals surface area contributed by atoms with Gasteiger partial charge in [-0.05, 0) is 24.6 Å². The molecular formula is C20H28O10. The molecule has 1 aromatic rings. The first-order valence-electron chi connectivity index (χ1n) is 9.41. The van der Waals surface area contributed by atoms with Gasteiger partial charge in [-0.3, -0.25) is 4.79 Å². The number of aliphatic hydroxyl groups excluding tert-OH is 5. The van der Waals surface area contributed by atoms with E-state index in [9.17, 15) is 20.1 Å². The minimum Gasteiger partial charge on any atom is -0.493 e. The molecule has 6 atom stereocenters. The maximum atomic E-state index is 11.7. The van der Waals surface area contributed by atoms with Crippen molar-refractivity contribution in [3.63, 3.8) is 0 Å². The smallest absolute Gasteiger partial charge is 0.311 e. The largest absolute Gasteiger partial charge is 0.493 e. The van der Waals surface area contributed by atoms with Crippen LogP contribution in [-0.2, 0) is 14.3 Å². The summed E-state index contributed by atoms with van der Waals surface area (Å²) in [5.74, 6) is -0.933. The Bertz CT molecular complexity index is 722. The summed E-state index contributed by atoms with van der Waals surface area (Å²) in [4.78, 5) is 11.7. The van der Waals surface area contributed by atoms with Crippen LogP contribution in [0.5, 0.6) is 11.5 Å². The van der Waals surface area contributed by atoms with Crippen molar-refractivity contribution in [3.05, 3.63) is 29.8 Å². The molecule has 1 aliphatic rings. The second-order valence-electron chi connectivity index (χ2n) is 6.84. The molecule has 1 aromatic carbocycles. The van der Waals surface area contributed by atoms with E-state index in [2.05, 4.69) is 0 Å². The zero-order chi connectivity index (χ0) is 22.3. The number of esters is 1. The number of benzene rings is 1. The summed E-state index contributed by atoms with van der Waals surface area (Å²) in [7, 11) is 1.42. The highest BCUT2D eigenvalue weighted by atomic mass is 16.7. The highest BCUT2D eigenvalue weighted by molar-refractivity contribution is 5.72. The summed E-state index contributed by atoms with van der Waals surface area (Å²) < 4.78 is 21.4. The van der Waals surface area contributed by atoms with Gasteiger partial charge in [0.1, 0.15) is 31.0 Å². The molecule has 0 amide bonds. The first kappa shape index (κ1) is 24.1. The van der Waals surface area contributed by atoms with Gasteiger partial charge in [0, 0.05) is 0 Å². The van der Waals surface area contributed by atoms with Crippen molar-refractivity contribution < 1.29 is 49.3 Å². The third-order valence-corrected chi connectivity index (χ3v) is 4.58. The first-order valence-corrected chi connectivity index (χ1v) is 9.41. The van der Waals surface area contributed by atoms with E-state index in [1.165, 1.54) is 14.0 Å². The predicted molar refractivity (Wildman–Crippen MR) is 104 cm³/mol. The summed E-state index contributed by atoms with van der Waals surface area (Å²) in [6.07, 6.45) is -4.04. The number of hydrogen-bond donors (Lipinski definition) is 5. The van der Waals surface area contributed by atoms with Crippen molar-refractivity contribution in [1.82, 2.24) is 0 Å². The van der Waals surface area contributed by atoms with E-state index in [1.807, 2.05) is 0 Å². The van der Waals surface area contributed by atoms with Gasteiger partial charge in [-0.2, -0.15) is 0 Å². The van der Waals surface area contributed by atoms with Crippen LogP contribution in [0, 0.1) is 5.92 Å². The minimum atomic E-state index is -1.61. The normalized spacial score (nSPS) is 27.6. The summed E-state index contributed by atoms with van der Waals surface area (Å²) in [6.45, 7) is 0.544. The Morgan fingerprint density at radius 3 is 2.53 bits per heavy atom. The van der Waals surface area contributed by atoms with Gasteiger partial charge in [0.2, 0.25) is 6.29 Å². The molecule has 10 heteroatoms. The Labute approximate surface area is 173 Å². The second-order valence-corrected chi connectivity index (χ2v) is 6.84. The molecule has 2 rings (SSSR count). The molecule has 1 saturated heterocycles. The zero-order valence-electron chi connectivity index (χ0n) is 16.7. The maximum absolute atomic E-state index is 11.7. The average molecular weight is 428 g/mol. The lowest BCUT2D eigenvalue weighted by atomic mass is 9.99. The van der Waals surface area contributed by atoms with Crippen molar-refractivity contribution in [1.29, 1.82) is 0 Å². The van der Waals surface area contributed by atoms with Crippen molar-refractivity contribution in [2.24, 2.45) is 5.92 Å². The second kappa shape index (κ2) is 11.3. The van der Waals surface area contributed by atoms with E-state index in [0.29, 0.717) is 5.75 Å². The number of methoxy groups -OCH3 is 1. The van der Waals surface area contributed by atoms with Crippen molar-refractivity contribution in [3.8, 4) is 11.5 Å². The quantitative estimate of drug-likeness (QED) is 0.311. The van der Waals surface area contributed by atoms with Crippen LogP contribution in [0.25, 0.3) is 6.08 Å². The van der Waals surface area contributed by atoms with E-state index < -0.39 is 55.8 Å². The third-order valence-electron chi connectivity index (χ3n) is 4.58. The van der Waals surface area contributed by atoms with Crippen LogP contribution >= 0.6 is 0 Å². The van der Waals surface area contributed by atoms with Crippen LogP contribution in [0.2, 0.25) is 0 Å². The van der Waals surface area contributed by atoms with E-state index in [4.69, 9.17) is 29.2 Å². The molecule has 0 spiro atoms. The van der Waals surface area contributed by atoms with Gasteiger partial charge in [0.15, 0.2) is 11.5 Å². The van der Waals surface area contributed by atoms with Crippen LogP contribution in [0.4, 0.5) is 0 Å². The summed E-state index contributed by atoms with van der Waals surface area (Å²) >= 11 is 0. The zero-order valence-corrected chi connectivity index (χ0v) is 16.7. The average Bonchev–Trinajstić information content (AvgIpc) is 2.76. The van der Waals surface area contributed by atoms with E-state index in [-0.39, 0.29) is 12.4 Å². The molecule has 10 nitrogen and oxygen atoms in total. The number of rotatable bonds is 9. The molecule has 0 saturated carbocycles. The van der Waals surface area contributed by atoms with Gasteiger partial charge in [0.25, 0.3) is 0 Å². The summed E-state index contributed by atoms with van der Waals surface area (Å²) in [5.41, 5.74) is 0.733. The molecule has 1 fully saturated rings. The number of hydrogen-bond acceptors (Lipinski definition) is 10. The molecular weight excluding hydrogens is 400 g/mol. The number of carbonyl (C=O) groups is 1. The molecule has 0 unspecified atom stereocenters. The molecule has 1 aliphatic heterocycles. The molecule has 0 aliphatic carbocycles. The van der Waals surface area contributed by atoms with Gasteiger partial charge < -0.3 is 44.5 Å². The van der Waals surface area contributed by atoms with Crippen molar-refractivity contribution in [2.45, 2.75) is 37.6 Å².